The van der Waals surface area contributed by atoms with Crippen molar-refractivity contribution in [2.45, 2.75) is 0 Å². The molecular formula is C43H27N3. The Bertz CT molecular complexity index is 2560. The molecule has 3 nitrogen and oxygen atoms in total. The maximum Gasteiger partial charge on any atom is 0.195 e. The van der Waals surface area contributed by atoms with Crippen molar-refractivity contribution in [2.24, 2.45) is 0 Å². The average molecular weight is 586 g/mol. The summed E-state index contributed by atoms with van der Waals surface area (Å²) in [7, 11) is 0. The lowest BCUT2D eigenvalue weighted by Gasteiger charge is -2.18. The van der Waals surface area contributed by atoms with E-state index in [0.29, 0.717) is 5.69 Å². The van der Waals surface area contributed by atoms with Gasteiger partial charge >= 0.3 is 0 Å². The highest BCUT2D eigenvalue weighted by Gasteiger charge is 2.19. The first-order chi connectivity index (χ1) is 22.8. The van der Waals surface area contributed by atoms with Gasteiger partial charge in [0.15, 0.2) is 5.69 Å². The molecule has 9 rings (SSSR count). The van der Waals surface area contributed by atoms with Gasteiger partial charge in [-0.1, -0.05) is 121 Å². The molecule has 0 saturated carbocycles. The Labute approximate surface area is 266 Å². The van der Waals surface area contributed by atoms with Gasteiger partial charge in [-0.05, 0) is 59.2 Å². The van der Waals surface area contributed by atoms with Crippen LogP contribution in [0, 0.1) is 6.57 Å². The predicted molar refractivity (Wildman–Crippen MR) is 192 cm³/mol. The Morgan fingerprint density at radius 1 is 0.370 bits per heavy atom. The zero-order valence-electron chi connectivity index (χ0n) is 24.9. The minimum Gasteiger partial charge on any atom is -0.309 e. The van der Waals surface area contributed by atoms with Gasteiger partial charge in [-0.2, -0.15) is 0 Å². The number of nitrogens with zero attached hydrogens (tertiary/aromatic N) is 3. The summed E-state index contributed by atoms with van der Waals surface area (Å²) in [5, 5.41) is 4.90. The van der Waals surface area contributed by atoms with Gasteiger partial charge in [-0.25, -0.2) is 4.85 Å². The molecule has 0 aliphatic heterocycles. The van der Waals surface area contributed by atoms with Gasteiger partial charge in [-0.15, -0.1) is 0 Å². The topological polar surface area (TPSA) is 14.2 Å². The normalized spacial score (nSPS) is 11.5. The molecule has 3 heteroatoms. The minimum absolute atomic E-state index is 0.631. The van der Waals surface area contributed by atoms with Crippen LogP contribution >= 0.6 is 0 Å². The van der Waals surface area contributed by atoms with E-state index in [9.17, 15) is 0 Å². The maximum absolute atomic E-state index is 8.17. The van der Waals surface area contributed by atoms with Crippen molar-refractivity contribution in [3.05, 3.63) is 175 Å². The molecule has 0 aliphatic carbocycles. The predicted octanol–water partition coefficient (Wildman–Crippen LogP) is 11.8. The second kappa shape index (κ2) is 10.4. The van der Waals surface area contributed by atoms with Crippen LogP contribution in [0.25, 0.3) is 82.1 Å². The Balaban J connectivity index is 1.30. The molecule has 0 amide bonds. The van der Waals surface area contributed by atoms with Gasteiger partial charge in [0, 0.05) is 32.8 Å². The Kier molecular flexibility index (Phi) is 5.88. The van der Waals surface area contributed by atoms with Gasteiger partial charge in [0.25, 0.3) is 0 Å². The molecule has 2 heterocycles. The number of benzene rings is 7. The Hall–Kier alpha value is -6.37. The molecule has 0 N–H and O–H groups in total. The van der Waals surface area contributed by atoms with Crippen molar-refractivity contribution in [1.29, 1.82) is 0 Å². The van der Waals surface area contributed by atoms with E-state index >= 15 is 0 Å². The van der Waals surface area contributed by atoms with Crippen LogP contribution in [0.2, 0.25) is 0 Å². The Morgan fingerprint density at radius 3 is 1.30 bits per heavy atom. The molecule has 2 aromatic heterocycles. The third-order valence-corrected chi connectivity index (χ3v) is 9.17. The summed E-state index contributed by atoms with van der Waals surface area (Å²) in [6.07, 6.45) is 0. The summed E-state index contributed by atoms with van der Waals surface area (Å²) in [5.74, 6) is 0. The first-order valence-electron chi connectivity index (χ1n) is 15.5. The number of hydrogen-bond acceptors (Lipinski definition) is 0. The highest BCUT2D eigenvalue weighted by molar-refractivity contribution is 6.11. The highest BCUT2D eigenvalue weighted by atomic mass is 15.0. The minimum atomic E-state index is 0.631. The van der Waals surface area contributed by atoms with Crippen LogP contribution in [0.1, 0.15) is 0 Å². The fraction of sp³-hybridized carbons (Fsp3) is 0. The molecule has 0 atom stereocenters. The van der Waals surface area contributed by atoms with E-state index in [2.05, 4.69) is 172 Å². The van der Waals surface area contributed by atoms with Crippen molar-refractivity contribution in [3.63, 3.8) is 0 Å². The molecule has 0 saturated heterocycles. The number of aromatic nitrogens is 2. The molecule has 7 aromatic carbocycles. The monoisotopic (exact) mass is 585 g/mol. The summed E-state index contributed by atoms with van der Waals surface area (Å²) < 4.78 is 4.69. The van der Waals surface area contributed by atoms with E-state index in [1.807, 2.05) is 6.07 Å². The van der Waals surface area contributed by atoms with Gasteiger partial charge < -0.3 is 9.13 Å². The van der Waals surface area contributed by atoms with Crippen LogP contribution in [0.4, 0.5) is 5.69 Å². The maximum atomic E-state index is 8.17. The second-order valence-electron chi connectivity index (χ2n) is 11.6. The number of rotatable bonds is 4. The largest absolute Gasteiger partial charge is 0.309 e. The zero-order valence-corrected chi connectivity index (χ0v) is 24.9. The van der Waals surface area contributed by atoms with E-state index < -0.39 is 0 Å². The molecule has 46 heavy (non-hydrogen) atoms. The van der Waals surface area contributed by atoms with Gasteiger partial charge in [0.05, 0.1) is 34.3 Å². The van der Waals surface area contributed by atoms with Crippen molar-refractivity contribution < 1.29 is 0 Å². The van der Waals surface area contributed by atoms with Gasteiger partial charge in [0.2, 0.25) is 0 Å². The summed E-state index contributed by atoms with van der Waals surface area (Å²) in [6.45, 7) is 8.17. The van der Waals surface area contributed by atoms with Crippen LogP contribution in [-0.2, 0) is 0 Å². The van der Waals surface area contributed by atoms with Crippen molar-refractivity contribution in [3.8, 4) is 33.6 Å². The molecule has 0 unspecified atom stereocenters. The third kappa shape index (κ3) is 3.84. The van der Waals surface area contributed by atoms with E-state index in [1.165, 1.54) is 32.6 Å². The fourth-order valence-corrected chi connectivity index (χ4v) is 7.21. The highest BCUT2D eigenvalue weighted by Crippen LogP contribution is 2.43. The molecule has 0 spiro atoms. The van der Waals surface area contributed by atoms with Crippen LogP contribution in [-0.4, -0.2) is 9.13 Å². The number of fused-ring (bicyclic) bond motifs is 6. The van der Waals surface area contributed by atoms with Crippen molar-refractivity contribution in [2.75, 3.05) is 0 Å². The summed E-state index contributed by atoms with van der Waals surface area (Å²) in [4.78, 5) is 4.02. The fourth-order valence-electron chi connectivity index (χ4n) is 7.21. The van der Waals surface area contributed by atoms with E-state index in [1.54, 1.807) is 0 Å². The first-order valence-corrected chi connectivity index (χ1v) is 15.5. The van der Waals surface area contributed by atoms with Crippen LogP contribution in [0.5, 0.6) is 0 Å². The van der Waals surface area contributed by atoms with Gasteiger partial charge in [0.1, 0.15) is 0 Å². The summed E-state index contributed by atoms with van der Waals surface area (Å²) in [5.41, 5.74) is 11.6. The molecular weight excluding hydrogens is 558 g/mol. The van der Waals surface area contributed by atoms with Crippen LogP contribution in [0.3, 0.4) is 0 Å². The lowest BCUT2D eigenvalue weighted by atomic mass is 9.92. The SMILES string of the molecule is [C-]#[N+]c1ccc(-n2c3ccccc3c3ccccc32)cc1-c1ccccc1-c1ccccc1-n1c2ccccc2c2ccccc21. The van der Waals surface area contributed by atoms with Crippen LogP contribution < -0.4 is 0 Å². The molecule has 0 fully saturated rings. The Morgan fingerprint density at radius 2 is 0.783 bits per heavy atom. The number of para-hydroxylation sites is 5. The first kappa shape index (κ1) is 26.1. The molecule has 9 aromatic rings. The number of hydrogen-bond donors (Lipinski definition) is 0. The lowest BCUT2D eigenvalue weighted by Crippen LogP contribution is -1.98. The molecule has 214 valence electrons. The smallest absolute Gasteiger partial charge is 0.195 e. The quantitative estimate of drug-likeness (QED) is 0.182. The van der Waals surface area contributed by atoms with Crippen molar-refractivity contribution in [1.82, 2.24) is 9.13 Å². The molecule has 0 radical (unpaired) electrons. The van der Waals surface area contributed by atoms with E-state index in [4.69, 9.17) is 6.57 Å². The van der Waals surface area contributed by atoms with Crippen molar-refractivity contribution >= 4 is 49.3 Å². The average Bonchev–Trinajstić information content (AvgIpc) is 3.64. The summed E-state index contributed by atoms with van der Waals surface area (Å²) in [6, 6.07) is 57.7. The molecule has 0 bridgehead atoms. The van der Waals surface area contributed by atoms with Crippen LogP contribution in [0.15, 0.2) is 164 Å². The third-order valence-electron chi connectivity index (χ3n) is 9.17. The van der Waals surface area contributed by atoms with E-state index in [-0.39, 0.29) is 0 Å². The molecule has 0 aliphatic rings. The standard InChI is InChI=1S/C43H27N3/c1-44-38-27-26-29(45-39-21-9-5-17-33(39)34-18-6-10-22-40(34)45)28-37(38)31-15-3-2-14-30(31)32-16-4-11-23-41(32)46-42-24-12-7-19-35(42)36-20-8-13-25-43(36)46/h2-28H. The lowest BCUT2D eigenvalue weighted by molar-refractivity contribution is 1.18. The van der Waals surface area contributed by atoms with Gasteiger partial charge in [-0.3, -0.25) is 0 Å². The summed E-state index contributed by atoms with van der Waals surface area (Å²) >= 11 is 0. The zero-order chi connectivity index (χ0) is 30.6. The van der Waals surface area contributed by atoms with E-state index in [0.717, 1.165) is 44.7 Å². The second-order valence-corrected chi connectivity index (χ2v) is 11.6.